The smallest absolute Gasteiger partial charge is 0.344 e. The minimum absolute atomic E-state index is 0.170. The van der Waals surface area contributed by atoms with Crippen LogP contribution in [0.2, 0.25) is 0 Å². The second kappa shape index (κ2) is 11.1. The quantitative estimate of drug-likeness (QED) is 0.546. The third kappa shape index (κ3) is 5.97. The first kappa shape index (κ1) is 22.2. The molecule has 7 heteroatoms. The first-order valence-electron chi connectivity index (χ1n) is 9.84. The number of aromatic nitrogens is 2. The number of aliphatic carboxylic acids is 1. The molecule has 154 valence electrons. The molecule has 2 rings (SSSR count). The molecule has 0 saturated carbocycles. The van der Waals surface area contributed by atoms with E-state index in [1.54, 1.807) is 12.1 Å². The number of carboxylic acid groups (broad SMARTS) is 1. The Morgan fingerprint density at radius 1 is 1.21 bits per heavy atom. The number of aliphatic hydroxyl groups excluding tert-OH is 1. The van der Waals surface area contributed by atoms with E-state index in [0.717, 1.165) is 49.2 Å². The van der Waals surface area contributed by atoms with E-state index in [2.05, 4.69) is 11.9 Å². The number of aliphatic hydroxyl groups is 1. The third-order valence-electron chi connectivity index (χ3n) is 4.63. The van der Waals surface area contributed by atoms with Crippen LogP contribution in [0.4, 0.5) is 0 Å². The molecule has 1 heterocycles. The number of carbonyl (C=O) groups is 1. The lowest BCUT2D eigenvalue weighted by atomic mass is 10.1. The SMILES string of the molecule is CCCCc1nc(Cc2ccc(OC(CCCC)C(=O)O)cc2)c(CO)n1Cl. The lowest BCUT2D eigenvalue weighted by molar-refractivity contribution is -0.145. The molecule has 2 N–H and O–H groups in total. The van der Waals surface area contributed by atoms with Crippen LogP contribution >= 0.6 is 11.8 Å². The summed E-state index contributed by atoms with van der Waals surface area (Å²) in [6.45, 7) is 3.96. The number of hydrogen-bond acceptors (Lipinski definition) is 4. The number of carboxylic acids is 1. The van der Waals surface area contributed by atoms with Crippen LogP contribution in [0.1, 0.15) is 68.7 Å². The zero-order valence-corrected chi connectivity index (χ0v) is 17.3. The molecule has 1 unspecified atom stereocenters. The summed E-state index contributed by atoms with van der Waals surface area (Å²) in [7, 11) is 0. The molecule has 0 saturated heterocycles. The number of ether oxygens (including phenoxy) is 1. The van der Waals surface area contributed by atoms with Crippen LogP contribution in [-0.4, -0.2) is 31.4 Å². The number of rotatable bonds is 12. The summed E-state index contributed by atoms with van der Waals surface area (Å²) in [6.07, 6.45) is 4.73. The van der Waals surface area contributed by atoms with Gasteiger partial charge in [0.2, 0.25) is 0 Å². The highest BCUT2D eigenvalue weighted by Crippen LogP contribution is 2.22. The van der Waals surface area contributed by atoms with Crippen LogP contribution in [0, 0.1) is 0 Å². The Morgan fingerprint density at radius 3 is 2.46 bits per heavy atom. The van der Waals surface area contributed by atoms with Gasteiger partial charge in [0.25, 0.3) is 0 Å². The number of aryl methyl sites for hydroxylation is 1. The van der Waals surface area contributed by atoms with Crippen molar-refractivity contribution in [1.29, 1.82) is 0 Å². The molecule has 1 aromatic heterocycles. The van der Waals surface area contributed by atoms with Crippen LogP contribution in [0.15, 0.2) is 24.3 Å². The molecule has 0 aliphatic rings. The van der Waals surface area contributed by atoms with Crippen LogP contribution in [0.5, 0.6) is 5.75 Å². The summed E-state index contributed by atoms with van der Waals surface area (Å²) < 4.78 is 7.08. The van der Waals surface area contributed by atoms with Crippen LogP contribution in [0.3, 0.4) is 0 Å². The van der Waals surface area contributed by atoms with Crippen molar-refractivity contribution in [3.63, 3.8) is 0 Å². The van der Waals surface area contributed by atoms with E-state index in [-0.39, 0.29) is 6.61 Å². The highest BCUT2D eigenvalue weighted by atomic mass is 35.5. The molecule has 0 amide bonds. The summed E-state index contributed by atoms with van der Waals surface area (Å²) >= 11 is 6.30. The maximum absolute atomic E-state index is 11.3. The van der Waals surface area contributed by atoms with Crippen LogP contribution in [0.25, 0.3) is 0 Å². The number of hydrogen-bond donors (Lipinski definition) is 2. The van der Waals surface area contributed by atoms with Gasteiger partial charge in [-0.2, -0.15) is 0 Å². The third-order valence-corrected chi connectivity index (χ3v) is 5.03. The molecule has 6 nitrogen and oxygen atoms in total. The number of imidazole rings is 1. The van der Waals surface area contributed by atoms with Crippen molar-refractivity contribution in [2.45, 2.75) is 71.5 Å². The fourth-order valence-corrected chi connectivity index (χ4v) is 3.26. The first-order valence-corrected chi connectivity index (χ1v) is 10.2. The van der Waals surface area contributed by atoms with E-state index >= 15 is 0 Å². The summed E-state index contributed by atoms with van der Waals surface area (Å²) in [6, 6.07) is 7.30. The number of unbranched alkanes of at least 4 members (excludes halogenated alkanes) is 2. The molecule has 0 aliphatic carbocycles. The molecule has 0 spiro atoms. The predicted octanol–water partition coefficient (Wildman–Crippen LogP) is 4.33. The molecule has 2 aromatic rings. The van der Waals surface area contributed by atoms with Crippen molar-refractivity contribution in [3.05, 3.63) is 47.0 Å². The summed E-state index contributed by atoms with van der Waals surface area (Å²) in [5, 5.41) is 18.9. The Kier molecular flexibility index (Phi) is 8.80. The van der Waals surface area contributed by atoms with Crippen LogP contribution in [-0.2, 0) is 24.2 Å². The van der Waals surface area contributed by atoms with Gasteiger partial charge in [-0.05, 0) is 37.0 Å². The van der Waals surface area contributed by atoms with Crippen molar-refractivity contribution >= 4 is 17.7 Å². The fourth-order valence-electron chi connectivity index (χ4n) is 2.98. The van der Waals surface area contributed by atoms with E-state index < -0.39 is 12.1 Å². The zero-order chi connectivity index (χ0) is 20.5. The van der Waals surface area contributed by atoms with Gasteiger partial charge in [0.1, 0.15) is 11.6 Å². The van der Waals surface area contributed by atoms with Gasteiger partial charge in [-0.1, -0.05) is 38.8 Å². The van der Waals surface area contributed by atoms with E-state index in [9.17, 15) is 15.0 Å². The molecule has 28 heavy (non-hydrogen) atoms. The van der Waals surface area contributed by atoms with Crippen molar-refractivity contribution in [3.8, 4) is 5.75 Å². The number of halogens is 1. The predicted molar refractivity (Wildman–Crippen MR) is 109 cm³/mol. The lowest BCUT2D eigenvalue weighted by Crippen LogP contribution is -2.26. The van der Waals surface area contributed by atoms with Gasteiger partial charge in [-0.25, -0.2) is 13.9 Å². The zero-order valence-electron chi connectivity index (χ0n) is 16.5. The topological polar surface area (TPSA) is 84.6 Å². The molecule has 1 atom stereocenters. The van der Waals surface area contributed by atoms with Gasteiger partial charge in [0, 0.05) is 24.6 Å². The average Bonchev–Trinajstić information content (AvgIpc) is 2.98. The van der Waals surface area contributed by atoms with Crippen LogP contribution < -0.4 is 4.74 Å². The maximum Gasteiger partial charge on any atom is 0.344 e. The monoisotopic (exact) mass is 408 g/mol. The van der Waals surface area contributed by atoms with E-state index in [0.29, 0.717) is 24.3 Å². The Bertz CT molecular complexity index is 759. The van der Waals surface area contributed by atoms with Gasteiger partial charge < -0.3 is 14.9 Å². The van der Waals surface area contributed by atoms with E-state index in [4.69, 9.17) is 16.5 Å². The largest absolute Gasteiger partial charge is 0.479 e. The Labute approximate surface area is 171 Å². The van der Waals surface area contributed by atoms with Gasteiger partial charge in [-0.15, -0.1) is 0 Å². The van der Waals surface area contributed by atoms with E-state index in [1.807, 2.05) is 19.1 Å². The number of benzene rings is 1. The molecule has 0 aliphatic heterocycles. The summed E-state index contributed by atoms with van der Waals surface area (Å²) in [5.41, 5.74) is 2.35. The molecular formula is C21H29ClN2O4. The molecule has 0 bridgehead atoms. The van der Waals surface area contributed by atoms with Crippen molar-refractivity contribution in [2.75, 3.05) is 0 Å². The van der Waals surface area contributed by atoms with Crippen molar-refractivity contribution < 1.29 is 19.7 Å². The Hall–Kier alpha value is -2.05. The maximum atomic E-state index is 11.3. The molecule has 1 aromatic carbocycles. The Morgan fingerprint density at radius 2 is 1.89 bits per heavy atom. The standard InChI is InChI=1S/C21H29ClN2O4/c1-3-5-7-19(21(26)27)28-16-11-9-15(10-12-16)13-17-18(14-25)24(22)20(23-17)8-6-4-2/h9-12,19,25H,3-8,13-14H2,1-2H3,(H,26,27). The highest BCUT2D eigenvalue weighted by molar-refractivity contribution is 6.16. The Balaban J connectivity index is 2.08. The van der Waals surface area contributed by atoms with Gasteiger partial charge in [-0.3, -0.25) is 0 Å². The minimum atomic E-state index is -0.947. The first-order chi connectivity index (χ1) is 13.5. The minimum Gasteiger partial charge on any atom is -0.479 e. The second-order valence-corrected chi connectivity index (χ2v) is 7.21. The second-order valence-electron chi connectivity index (χ2n) is 6.87. The van der Waals surface area contributed by atoms with Crippen molar-refractivity contribution in [1.82, 2.24) is 9.07 Å². The van der Waals surface area contributed by atoms with E-state index in [1.165, 1.54) is 4.09 Å². The normalized spacial score (nSPS) is 12.1. The molecular weight excluding hydrogens is 380 g/mol. The highest BCUT2D eigenvalue weighted by Gasteiger charge is 2.19. The average molecular weight is 409 g/mol. The lowest BCUT2D eigenvalue weighted by Gasteiger charge is -2.15. The molecule has 0 fully saturated rings. The van der Waals surface area contributed by atoms with Gasteiger partial charge in [0.05, 0.1) is 18.0 Å². The van der Waals surface area contributed by atoms with Gasteiger partial charge in [0.15, 0.2) is 6.10 Å². The number of nitrogens with zero attached hydrogens (tertiary/aromatic N) is 2. The van der Waals surface area contributed by atoms with Gasteiger partial charge >= 0.3 is 5.97 Å². The fraction of sp³-hybridized carbons (Fsp3) is 0.524. The van der Waals surface area contributed by atoms with Crippen molar-refractivity contribution in [2.24, 2.45) is 0 Å². The summed E-state index contributed by atoms with van der Waals surface area (Å²) in [5.74, 6) is 0.348. The molecule has 0 radical (unpaired) electrons. The summed E-state index contributed by atoms with van der Waals surface area (Å²) in [4.78, 5) is 15.9.